The Morgan fingerprint density at radius 1 is 1.41 bits per heavy atom. The van der Waals surface area contributed by atoms with Crippen LogP contribution in [-0.2, 0) is 20.9 Å². The Kier molecular flexibility index (Phi) is 5.59. The summed E-state index contributed by atoms with van der Waals surface area (Å²) in [6.45, 7) is -0.132. The smallest absolute Gasteiger partial charge is 0.417 e. The molecule has 6 nitrogen and oxygen atoms in total. The second-order valence-electron chi connectivity index (χ2n) is 4.94. The molecule has 1 heterocycles. The number of likely N-dealkylation sites (N-methyl/N-ethyl adjacent to an activating group) is 1. The maximum Gasteiger partial charge on any atom is 0.417 e. The number of hydrogen-bond acceptors (Lipinski definition) is 5. The average molecular weight is 323 g/mol. The number of aliphatic hydroxyl groups is 1. The molecular formula is C13H16F3NO5. The fourth-order valence-corrected chi connectivity index (χ4v) is 1.41. The highest BCUT2D eigenvalue weighted by molar-refractivity contribution is 5.80. The molecule has 22 heavy (non-hydrogen) atoms. The second-order valence-corrected chi connectivity index (χ2v) is 4.94. The van der Waals surface area contributed by atoms with Crippen molar-refractivity contribution in [2.24, 2.45) is 0 Å². The fourth-order valence-electron chi connectivity index (χ4n) is 1.41. The van der Waals surface area contributed by atoms with Crippen molar-refractivity contribution >= 4 is 11.9 Å². The SMILES string of the molecule is CN(Cc1ccco1)C(=O)COC(=O)C[C@@](C)(O)C(F)(F)F. The highest BCUT2D eigenvalue weighted by atomic mass is 19.4. The minimum atomic E-state index is -4.97. The highest BCUT2D eigenvalue weighted by Gasteiger charge is 2.51. The molecule has 0 aliphatic heterocycles. The number of ether oxygens (including phenoxy) is 1. The molecule has 0 fully saturated rings. The molecule has 0 unspecified atom stereocenters. The van der Waals surface area contributed by atoms with E-state index in [1.165, 1.54) is 18.2 Å². The van der Waals surface area contributed by atoms with Gasteiger partial charge in [0, 0.05) is 7.05 Å². The van der Waals surface area contributed by atoms with Gasteiger partial charge in [0.25, 0.3) is 5.91 Å². The van der Waals surface area contributed by atoms with Crippen LogP contribution in [0.1, 0.15) is 19.1 Å². The van der Waals surface area contributed by atoms with Crippen LogP contribution in [0.5, 0.6) is 0 Å². The molecule has 0 saturated carbocycles. The molecule has 0 aliphatic carbocycles. The number of halogens is 3. The minimum Gasteiger partial charge on any atom is -0.467 e. The third-order valence-corrected chi connectivity index (χ3v) is 2.85. The van der Waals surface area contributed by atoms with Crippen molar-refractivity contribution in [1.82, 2.24) is 4.90 Å². The third kappa shape index (κ3) is 5.06. The number of furan rings is 1. The molecule has 0 bridgehead atoms. The van der Waals surface area contributed by atoms with Crippen LogP contribution in [0.4, 0.5) is 13.2 Å². The third-order valence-electron chi connectivity index (χ3n) is 2.85. The van der Waals surface area contributed by atoms with Crippen LogP contribution >= 0.6 is 0 Å². The number of hydrogen-bond donors (Lipinski definition) is 1. The monoisotopic (exact) mass is 323 g/mol. The molecule has 124 valence electrons. The number of carbonyl (C=O) groups is 2. The molecule has 0 radical (unpaired) electrons. The van der Waals surface area contributed by atoms with Crippen LogP contribution < -0.4 is 0 Å². The Hall–Kier alpha value is -2.03. The van der Waals surface area contributed by atoms with Gasteiger partial charge in [-0.1, -0.05) is 0 Å². The number of rotatable bonds is 6. The molecule has 1 N–H and O–H groups in total. The Morgan fingerprint density at radius 2 is 2.05 bits per heavy atom. The van der Waals surface area contributed by atoms with E-state index in [-0.39, 0.29) is 6.54 Å². The standard InChI is InChI=1S/C13H16F3NO5/c1-12(20,13(14,15)16)6-11(19)22-8-10(18)17(2)7-9-4-3-5-21-9/h3-5,20H,6-8H2,1-2H3/t12-/m1/s1. The molecule has 0 aromatic carbocycles. The predicted octanol–water partition coefficient (Wildman–Crippen LogP) is 1.48. The van der Waals surface area contributed by atoms with Crippen LogP contribution in [-0.4, -0.2) is 47.3 Å². The minimum absolute atomic E-state index is 0.129. The van der Waals surface area contributed by atoms with Crippen LogP contribution in [0.3, 0.4) is 0 Å². The largest absolute Gasteiger partial charge is 0.467 e. The topological polar surface area (TPSA) is 80.0 Å². The zero-order valence-corrected chi connectivity index (χ0v) is 12.0. The number of nitrogens with zero attached hydrogens (tertiary/aromatic N) is 1. The summed E-state index contributed by atoms with van der Waals surface area (Å²) < 4.78 is 46.6. The van der Waals surface area contributed by atoms with Gasteiger partial charge in [-0.25, -0.2) is 0 Å². The molecule has 1 amide bonds. The first-order valence-corrected chi connectivity index (χ1v) is 6.24. The van der Waals surface area contributed by atoms with Gasteiger partial charge in [-0.15, -0.1) is 0 Å². The van der Waals surface area contributed by atoms with Crippen molar-refractivity contribution in [1.29, 1.82) is 0 Å². The lowest BCUT2D eigenvalue weighted by atomic mass is 10.0. The van der Waals surface area contributed by atoms with E-state index in [1.807, 2.05) is 0 Å². The summed E-state index contributed by atoms with van der Waals surface area (Å²) in [6.07, 6.45) is -4.83. The quantitative estimate of drug-likeness (QED) is 0.802. The molecule has 1 aromatic heterocycles. The van der Waals surface area contributed by atoms with E-state index in [9.17, 15) is 22.8 Å². The van der Waals surface area contributed by atoms with E-state index in [0.29, 0.717) is 12.7 Å². The average Bonchev–Trinajstić information content (AvgIpc) is 2.86. The molecule has 1 aromatic rings. The van der Waals surface area contributed by atoms with Crippen LogP contribution in [0.25, 0.3) is 0 Å². The first kappa shape index (κ1) is 18.0. The first-order valence-electron chi connectivity index (χ1n) is 6.24. The second kappa shape index (κ2) is 6.82. The Labute approximate surface area is 124 Å². The lowest BCUT2D eigenvalue weighted by Gasteiger charge is -2.25. The van der Waals surface area contributed by atoms with E-state index >= 15 is 0 Å². The summed E-state index contributed by atoms with van der Waals surface area (Å²) in [5.74, 6) is -1.43. The van der Waals surface area contributed by atoms with E-state index in [2.05, 4.69) is 4.74 Å². The van der Waals surface area contributed by atoms with Crippen LogP contribution in [0.15, 0.2) is 22.8 Å². The van der Waals surface area contributed by atoms with Gasteiger partial charge in [0.1, 0.15) is 5.76 Å². The Bertz CT molecular complexity index is 510. The Morgan fingerprint density at radius 3 is 2.55 bits per heavy atom. The highest BCUT2D eigenvalue weighted by Crippen LogP contribution is 2.32. The molecule has 0 spiro atoms. The van der Waals surface area contributed by atoms with Gasteiger partial charge in [0.2, 0.25) is 0 Å². The molecule has 0 saturated heterocycles. The number of amides is 1. The van der Waals surface area contributed by atoms with Crippen LogP contribution in [0, 0.1) is 0 Å². The maximum atomic E-state index is 12.4. The number of esters is 1. The zero-order chi connectivity index (χ0) is 17.0. The van der Waals surface area contributed by atoms with Gasteiger partial charge in [-0.3, -0.25) is 9.59 Å². The molecule has 0 aliphatic rings. The summed E-state index contributed by atoms with van der Waals surface area (Å²) in [5, 5.41) is 9.13. The summed E-state index contributed by atoms with van der Waals surface area (Å²) in [4.78, 5) is 24.1. The van der Waals surface area contributed by atoms with E-state index in [1.54, 1.807) is 12.1 Å². The van der Waals surface area contributed by atoms with E-state index in [0.717, 1.165) is 0 Å². The van der Waals surface area contributed by atoms with Crippen molar-refractivity contribution in [3.63, 3.8) is 0 Å². The van der Waals surface area contributed by atoms with E-state index < -0.39 is 36.7 Å². The van der Waals surface area contributed by atoms with Crippen molar-refractivity contribution in [3.8, 4) is 0 Å². The van der Waals surface area contributed by atoms with E-state index in [4.69, 9.17) is 9.52 Å². The van der Waals surface area contributed by atoms with Crippen molar-refractivity contribution < 1.29 is 37.0 Å². The molecular weight excluding hydrogens is 307 g/mol. The predicted molar refractivity (Wildman–Crippen MR) is 67.4 cm³/mol. The number of alkyl halides is 3. The molecule has 1 rings (SSSR count). The van der Waals surface area contributed by atoms with Gasteiger partial charge in [-0.05, 0) is 19.1 Å². The van der Waals surface area contributed by atoms with Gasteiger partial charge in [0.05, 0.1) is 19.2 Å². The fraction of sp³-hybridized carbons (Fsp3) is 0.538. The van der Waals surface area contributed by atoms with Gasteiger partial charge in [-0.2, -0.15) is 13.2 Å². The first-order chi connectivity index (χ1) is 10.0. The maximum absolute atomic E-state index is 12.4. The zero-order valence-electron chi connectivity index (χ0n) is 12.0. The molecule has 1 atom stereocenters. The van der Waals surface area contributed by atoms with Crippen molar-refractivity contribution in [3.05, 3.63) is 24.2 Å². The Balaban J connectivity index is 2.42. The van der Waals surface area contributed by atoms with Crippen LogP contribution in [0.2, 0.25) is 0 Å². The summed E-state index contributed by atoms with van der Waals surface area (Å²) in [6, 6.07) is 3.27. The summed E-state index contributed by atoms with van der Waals surface area (Å²) in [7, 11) is 1.42. The van der Waals surface area contributed by atoms with Gasteiger partial charge >= 0.3 is 12.1 Å². The van der Waals surface area contributed by atoms with Crippen molar-refractivity contribution in [2.75, 3.05) is 13.7 Å². The normalized spacial score (nSPS) is 14.3. The molecule has 9 heteroatoms. The van der Waals surface area contributed by atoms with Gasteiger partial charge in [0.15, 0.2) is 12.2 Å². The lowest BCUT2D eigenvalue weighted by molar-refractivity contribution is -0.255. The lowest BCUT2D eigenvalue weighted by Crippen LogP contribution is -2.44. The summed E-state index contributed by atoms with van der Waals surface area (Å²) >= 11 is 0. The van der Waals surface area contributed by atoms with Gasteiger partial charge < -0.3 is 19.2 Å². The summed E-state index contributed by atoms with van der Waals surface area (Å²) in [5.41, 5.74) is -3.20. The van der Waals surface area contributed by atoms with Crippen molar-refractivity contribution in [2.45, 2.75) is 31.7 Å². The number of carbonyl (C=O) groups excluding carboxylic acids is 2.